The number of nitrogens with one attached hydrogen (secondary N) is 1. The molecule has 1 heterocycles. The summed E-state index contributed by atoms with van der Waals surface area (Å²) in [5, 5.41) is 13.8. The van der Waals surface area contributed by atoms with E-state index in [0.29, 0.717) is 18.8 Å². The number of hydrogen-bond donors (Lipinski definition) is 1. The van der Waals surface area contributed by atoms with Crippen molar-refractivity contribution in [2.24, 2.45) is 0 Å². The van der Waals surface area contributed by atoms with Gasteiger partial charge >= 0.3 is 6.36 Å². The van der Waals surface area contributed by atoms with Gasteiger partial charge in [0.1, 0.15) is 5.75 Å². The SMILES string of the molecule is CCN1CCN(c2ccc([N+](=O)[O-])cc2C(=O)Nc2ccc(OC(F)(F)F)cc2)CC1. The van der Waals surface area contributed by atoms with Gasteiger partial charge in [-0.3, -0.25) is 14.9 Å². The van der Waals surface area contributed by atoms with Crippen LogP contribution in [0.1, 0.15) is 17.3 Å². The summed E-state index contributed by atoms with van der Waals surface area (Å²) in [7, 11) is 0. The van der Waals surface area contributed by atoms with Crippen LogP contribution in [-0.4, -0.2) is 54.8 Å². The molecule has 0 spiro atoms. The quantitative estimate of drug-likeness (QED) is 0.544. The summed E-state index contributed by atoms with van der Waals surface area (Å²) in [5.74, 6) is -1.02. The van der Waals surface area contributed by atoms with Crippen molar-refractivity contribution >= 4 is 23.0 Å². The normalized spacial score (nSPS) is 14.9. The number of hydrogen-bond acceptors (Lipinski definition) is 6. The Kier molecular flexibility index (Phi) is 6.64. The minimum absolute atomic E-state index is 0.120. The van der Waals surface area contributed by atoms with Crippen LogP contribution in [0.5, 0.6) is 5.75 Å². The first-order valence-corrected chi connectivity index (χ1v) is 9.59. The van der Waals surface area contributed by atoms with E-state index in [0.717, 1.165) is 31.8 Å². The maximum absolute atomic E-state index is 12.9. The van der Waals surface area contributed by atoms with Gasteiger partial charge in [-0.25, -0.2) is 0 Å². The summed E-state index contributed by atoms with van der Waals surface area (Å²) in [6, 6.07) is 8.77. The van der Waals surface area contributed by atoms with Crippen molar-refractivity contribution in [2.45, 2.75) is 13.3 Å². The van der Waals surface area contributed by atoms with E-state index in [9.17, 15) is 28.1 Å². The predicted molar refractivity (Wildman–Crippen MR) is 109 cm³/mol. The van der Waals surface area contributed by atoms with Crippen LogP contribution < -0.4 is 15.0 Å². The molecule has 1 fully saturated rings. The van der Waals surface area contributed by atoms with Gasteiger partial charge in [-0.05, 0) is 36.9 Å². The number of halogens is 3. The fraction of sp³-hybridized carbons (Fsp3) is 0.350. The number of non-ortho nitro benzene ring substituents is 1. The zero-order valence-corrected chi connectivity index (χ0v) is 16.7. The van der Waals surface area contributed by atoms with E-state index >= 15 is 0 Å². The first-order valence-electron chi connectivity index (χ1n) is 9.59. The molecule has 11 heteroatoms. The minimum Gasteiger partial charge on any atom is -0.406 e. The molecule has 1 saturated heterocycles. The molecule has 0 aliphatic carbocycles. The van der Waals surface area contributed by atoms with Gasteiger partial charge in [-0.2, -0.15) is 0 Å². The topological polar surface area (TPSA) is 88.0 Å². The standard InChI is InChI=1S/C20H21F3N4O4/c1-2-25-9-11-26(12-10-25)18-8-5-15(27(29)30)13-17(18)19(28)24-14-3-6-16(7-4-14)31-20(21,22)23/h3-8,13H,2,9-12H2,1H3,(H,24,28). The zero-order chi connectivity index (χ0) is 22.6. The third-order valence-electron chi connectivity index (χ3n) is 4.94. The lowest BCUT2D eigenvalue weighted by atomic mass is 10.1. The average Bonchev–Trinajstić information content (AvgIpc) is 2.73. The van der Waals surface area contributed by atoms with Gasteiger partial charge in [0.2, 0.25) is 0 Å². The second-order valence-corrected chi connectivity index (χ2v) is 6.91. The molecule has 0 unspecified atom stereocenters. The van der Waals surface area contributed by atoms with Crippen LogP contribution in [-0.2, 0) is 0 Å². The Balaban J connectivity index is 1.81. The van der Waals surface area contributed by atoms with Crippen molar-refractivity contribution in [1.82, 2.24) is 4.90 Å². The molecular weight excluding hydrogens is 417 g/mol. The number of piperazine rings is 1. The van der Waals surface area contributed by atoms with E-state index in [1.807, 2.05) is 4.90 Å². The number of alkyl halides is 3. The summed E-state index contributed by atoms with van der Waals surface area (Å²) < 4.78 is 40.7. The number of amides is 1. The van der Waals surface area contributed by atoms with E-state index in [1.165, 1.54) is 24.3 Å². The monoisotopic (exact) mass is 438 g/mol. The van der Waals surface area contributed by atoms with Gasteiger partial charge in [0.25, 0.3) is 11.6 Å². The van der Waals surface area contributed by atoms with Crippen molar-refractivity contribution in [3.05, 3.63) is 58.1 Å². The third kappa shape index (κ3) is 5.85. The molecule has 1 amide bonds. The lowest BCUT2D eigenvalue weighted by molar-refractivity contribution is -0.384. The fourth-order valence-corrected chi connectivity index (χ4v) is 3.34. The van der Waals surface area contributed by atoms with Crippen molar-refractivity contribution in [1.29, 1.82) is 0 Å². The Morgan fingerprint density at radius 2 is 1.77 bits per heavy atom. The molecule has 0 saturated carbocycles. The molecule has 1 N–H and O–H groups in total. The number of ether oxygens (including phenoxy) is 1. The van der Waals surface area contributed by atoms with Gasteiger partial charge in [-0.15, -0.1) is 13.2 Å². The Labute approximate surface area is 176 Å². The number of nitro benzene ring substituents is 1. The van der Waals surface area contributed by atoms with Crippen LogP contribution in [0, 0.1) is 10.1 Å². The summed E-state index contributed by atoms with van der Waals surface area (Å²) in [6.07, 6.45) is -4.82. The Morgan fingerprint density at radius 3 is 2.32 bits per heavy atom. The summed E-state index contributed by atoms with van der Waals surface area (Å²) in [5.41, 5.74) is 0.688. The molecule has 0 bridgehead atoms. The Hall–Kier alpha value is -3.34. The van der Waals surface area contributed by atoms with Crippen LogP contribution in [0.3, 0.4) is 0 Å². The number of likely N-dealkylation sites (N-methyl/N-ethyl adjacent to an activating group) is 1. The zero-order valence-electron chi connectivity index (χ0n) is 16.7. The van der Waals surface area contributed by atoms with Crippen LogP contribution in [0.4, 0.5) is 30.2 Å². The first kappa shape index (κ1) is 22.3. The van der Waals surface area contributed by atoms with Crippen LogP contribution in [0.15, 0.2) is 42.5 Å². The molecule has 31 heavy (non-hydrogen) atoms. The minimum atomic E-state index is -4.82. The molecular formula is C20H21F3N4O4. The van der Waals surface area contributed by atoms with Gasteiger partial charge in [0.15, 0.2) is 0 Å². The maximum Gasteiger partial charge on any atom is 0.573 e. The summed E-state index contributed by atoms with van der Waals surface area (Å²) in [6.45, 7) is 5.90. The van der Waals surface area contributed by atoms with E-state index < -0.39 is 22.9 Å². The third-order valence-corrected chi connectivity index (χ3v) is 4.94. The van der Waals surface area contributed by atoms with Crippen molar-refractivity contribution < 1.29 is 27.6 Å². The van der Waals surface area contributed by atoms with Crippen LogP contribution in [0.2, 0.25) is 0 Å². The number of carbonyl (C=O) groups excluding carboxylic acids is 1. The highest BCUT2D eigenvalue weighted by molar-refractivity contribution is 6.08. The van der Waals surface area contributed by atoms with E-state index in [1.54, 1.807) is 6.07 Å². The number of nitro groups is 1. The second kappa shape index (κ2) is 9.21. The Morgan fingerprint density at radius 1 is 1.13 bits per heavy atom. The Bertz CT molecular complexity index is 942. The molecule has 1 aliphatic rings. The number of rotatable bonds is 6. The molecule has 8 nitrogen and oxygen atoms in total. The lowest BCUT2D eigenvalue weighted by Crippen LogP contribution is -2.46. The predicted octanol–water partition coefficient (Wildman–Crippen LogP) is 3.89. The molecule has 166 valence electrons. The van der Waals surface area contributed by atoms with Gasteiger partial charge in [-0.1, -0.05) is 6.92 Å². The molecule has 1 aliphatic heterocycles. The van der Waals surface area contributed by atoms with Crippen LogP contribution in [0.25, 0.3) is 0 Å². The van der Waals surface area contributed by atoms with Crippen molar-refractivity contribution in [3.8, 4) is 5.75 Å². The average molecular weight is 438 g/mol. The van der Waals surface area contributed by atoms with E-state index in [2.05, 4.69) is 21.9 Å². The molecule has 0 radical (unpaired) electrons. The van der Waals surface area contributed by atoms with E-state index in [-0.39, 0.29) is 16.9 Å². The van der Waals surface area contributed by atoms with Gasteiger partial charge in [0, 0.05) is 44.0 Å². The van der Waals surface area contributed by atoms with Crippen molar-refractivity contribution in [2.75, 3.05) is 42.9 Å². The largest absolute Gasteiger partial charge is 0.573 e. The highest BCUT2D eigenvalue weighted by Gasteiger charge is 2.31. The number of nitrogens with zero attached hydrogens (tertiary/aromatic N) is 3. The lowest BCUT2D eigenvalue weighted by Gasteiger charge is -2.36. The number of anilines is 2. The summed E-state index contributed by atoms with van der Waals surface area (Å²) in [4.78, 5) is 27.8. The number of benzene rings is 2. The molecule has 3 rings (SSSR count). The van der Waals surface area contributed by atoms with Crippen molar-refractivity contribution in [3.63, 3.8) is 0 Å². The molecule has 2 aromatic carbocycles. The summed E-state index contributed by atoms with van der Waals surface area (Å²) >= 11 is 0. The highest BCUT2D eigenvalue weighted by Crippen LogP contribution is 2.28. The second-order valence-electron chi connectivity index (χ2n) is 6.91. The smallest absolute Gasteiger partial charge is 0.406 e. The first-order chi connectivity index (χ1) is 14.7. The van der Waals surface area contributed by atoms with Crippen LogP contribution >= 0.6 is 0 Å². The molecule has 0 atom stereocenters. The maximum atomic E-state index is 12.9. The number of carbonyl (C=O) groups is 1. The fourth-order valence-electron chi connectivity index (χ4n) is 3.34. The molecule has 0 aromatic heterocycles. The van der Waals surface area contributed by atoms with Gasteiger partial charge in [0.05, 0.1) is 16.2 Å². The van der Waals surface area contributed by atoms with Gasteiger partial charge < -0.3 is 19.9 Å². The highest BCUT2D eigenvalue weighted by atomic mass is 19.4. The van der Waals surface area contributed by atoms with E-state index in [4.69, 9.17) is 0 Å². The molecule has 2 aromatic rings.